The number of sulfonamides is 1. The summed E-state index contributed by atoms with van der Waals surface area (Å²) in [5.41, 5.74) is 1.01. The van der Waals surface area contributed by atoms with E-state index in [1.807, 2.05) is 37.3 Å². The number of para-hydroxylation sites is 1. The second-order valence-electron chi connectivity index (χ2n) is 7.54. The van der Waals surface area contributed by atoms with Crippen LogP contribution in [0, 0.1) is 11.7 Å². The molecule has 0 saturated carbocycles. The quantitative estimate of drug-likeness (QED) is 0.494. The van der Waals surface area contributed by atoms with E-state index in [0.717, 1.165) is 17.1 Å². The highest BCUT2D eigenvalue weighted by Gasteiger charge is 2.29. The fourth-order valence-electron chi connectivity index (χ4n) is 3.43. The molecule has 0 aliphatic rings. The molecule has 5 nitrogen and oxygen atoms in total. The molecule has 0 saturated heterocycles. The third-order valence-electron chi connectivity index (χ3n) is 5.27. The van der Waals surface area contributed by atoms with Crippen molar-refractivity contribution in [2.24, 2.45) is 5.92 Å². The maximum atomic E-state index is 14.5. The number of hydrogen-bond donors (Lipinski definition) is 1. The Balaban J connectivity index is 1.76. The van der Waals surface area contributed by atoms with Gasteiger partial charge in [0.1, 0.15) is 12.4 Å². The summed E-state index contributed by atoms with van der Waals surface area (Å²) in [5, 5.41) is 2.83. The average Bonchev–Trinajstić information content (AvgIpc) is 2.82. The lowest BCUT2D eigenvalue weighted by molar-refractivity contribution is -0.119. The summed E-state index contributed by atoms with van der Waals surface area (Å²) >= 11 is 0. The van der Waals surface area contributed by atoms with Crippen molar-refractivity contribution in [3.63, 3.8) is 0 Å². The predicted molar refractivity (Wildman–Crippen MR) is 124 cm³/mol. The number of rotatable bonds is 10. The number of anilines is 1. The van der Waals surface area contributed by atoms with Gasteiger partial charge in [0.25, 0.3) is 10.0 Å². The van der Waals surface area contributed by atoms with Gasteiger partial charge in [-0.25, -0.2) is 12.8 Å². The molecule has 0 spiro atoms. The van der Waals surface area contributed by atoms with Gasteiger partial charge in [0.15, 0.2) is 0 Å². The van der Waals surface area contributed by atoms with Crippen molar-refractivity contribution in [2.45, 2.75) is 24.7 Å². The zero-order chi connectivity index (χ0) is 23.0. The number of nitrogens with zero attached hydrogens (tertiary/aromatic N) is 1. The first-order valence-corrected chi connectivity index (χ1v) is 12.0. The van der Waals surface area contributed by atoms with Crippen LogP contribution in [0.5, 0.6) is 0 Å². The molecule has 1 unspecified atom stereocenters. The van der Waals surface area contributed by atoms with E-state index in [1.165, 1.54) is 42.0 Å². The van der Waals surface area contributed by atoms with Crippen molar-refractivity contribution >= 4 is 21.6 Å². The maximum Gasteiger partial charge on any atom is 0.264 e. The summed E-state index contributed by atoms with van der Waals surface area (Å²) in [4.78, 5) is 12.7. The van der Waals surface area contributed by atoms with Crippen molar-refractivity contribution in [2.75, 3.05) is 17.4 Å². The first-order chi connectivity index (χ1) is 15.4. The van der Waals surface area contributed by atoms with E-state index in [9.17, 15) is 17.6 Å². The molecule has 0 heterocycles. The van der Waals surface area contributed by atoms with E-state index < -0.39 is 28.3 Å². The number of amides is 1. The molecule has 3 rings (SSSR count). The summed E-state index contributed by atoms with van der Waals surface area (Å²) in [5.74, 6) is -0.997. The third kappa shape index (κ3) is 5.95. The highest BCUT2D eigenvalue weighted by Crippen LogP contribution is 2.26. The first kappa shape index (κ1) is 23.5. The van der Waals surface area contributed by atoms with Crippen LogP contribution in [0.25, 0.3) is 0 Å². The van der Waals surface area contributed by atoms with E-state index in [2.05, 4.69) is 5.32 Å². The smallest absolute Gasteiger partial charge is 0.264 e. The molecule has 3 aromatic rings. The summed E-state index contributed by atoms with van der Waals surface area (Å²) in [6, 6.07) is 23.2. The van der Waals surface area contributed by atoms with Gasteiger partial charge in [-0.3, -0.25) is 9.10 Å². The molecule has 0 aromatic heterocycles. The molecule has 1 atom stereocenters. The lowest BCUT2D eigenvalue weighted by Crippen LogP contribution is -2.42. The number of halogens is 1. The lowest BCUT2D eigenvalue weighted by atomic mass is 9.97. The Hall–Kier alpha value is -3.19. The van der Waals surface area contributed by atoms with E-state index >= 15 is 0 Å². The van der Waals surface area contributed by atoms with Gasteiger partial charge in [0.05, 0.1) is 10.6 Å². The van der Waals surface area contributed by atoms with Crippen LogP contribution in [0.2, 0.25) is 0 Å². The molecule has 0 radical (unpaired) electrons. The molecule has 0 aliphatic carbocycles. The first-order valence-electron chi connectivity index (χ1n) is 10.5. The summed E-state index contributed by atoms with van der Waals surface area (Å²) in [6.45, 7) is 1.94. The molecule has 7 heteroatoms. The molecular formula is C25H27FN2O3S. The monoisotopic (exact) mass is 454 g/mol. The van der Waals surface area contributed by atoms with Crippen LogP contribution in [0.4, 0.5) is 10.1 Å². The topological polar surface area (TPSA) is 66.5 Å². The van der Waals surface area contributed by atoms with Gasteiger partial charge in [0, 0.05) is 6.54 Å². The second kappa shape index (κ2) is 10.9. The Bertz CT molecular complexity index is 1120. The van der Waals surface area contributed by atoms with Crippen molar-refractivity contribution in [1.82, 2.24) is 5.32 Å². The number of hydrogen-bond acceptors (Lipinski definition) is 3. The Morgan fingerprint density at radius 3 is 2.16 bits per heavy atom. The largest absolute Gasteiger partial charge is 0.354 e. The predicted octanol–water partition coefficient (Wildman–Crippen LogP) is 4.41. The van der Waals surface area contributed by atoms with Crippen LogP contribution in [0.15, 0.2) is 89.8 Å². The minimum Gasteiger partial charge on any atom is -0.354 e. The van der Waals surface area contributed by atoms with Gasteiger partial charge in [-0.1, -0.05) is 74.0 Å². The van der Waals surface area contributed by atoms with Crippen molar-refractivity contribution < 1.29 is 17.6 Å². The molecule has 1 N–H and O–H groups in total. The summed E-state index contributed by atoms with van der Waals surface area (Å²) in [6.07, 6.45) is 1.66. The van der Waals surface area contributed by atoms with E-state index in [0.29, 0.717) is 6.54 Å². The van der Waals surface area contributed by atoms with Crippen molar-refractivity contribution in [1.29, 1.82) is 0 Å². The van der Waals surface area contributed by atoms with Crippen molar-refractivity contribution in [3.05, 3.63) is 96.3 Å². The van der Waals surface area contributed by atoms with Crippen molar-refractivity contribution in [3.8, 4) is 0 Å². The third-order valence-corrected chi connectivity index (χ3v) is 7.05. The second-order valence-corrected chi connectivity index (χ2v) is 9.41. The fourth-order valence-corrected chi connectivity index (χ4v) is 4.88. The number of nitrogens with one attached hydrogen (secondary N) is 1. The van der Waals surface area contributed by atoms with Gasteiger partial charge in [-0.05, 0) is 42.2 Å². The van der Waals surface area contributed by atoms with E-state index in [1.54, 1.807) is 18.2 Å². The summed E-state index contributed by atoms with van der Waals surface area (Å²) < 4.78 is 41.8. The SMILES string of the molecule is CCC(CNC(=O)CN(c1ccccc1F)S(=O)(=O)c1ccccc1)Cc1ccccc1. The van der Waals surface area contributed by atoms with E-state index in [-0.39, 0.29) is 16.5 Å². The zero-order valence-corrected chi connectivity index (χ0v) is 18.8. The molecule has 32 heavy (non-hydrogen) atoms. The number of carbonyl (C=O) groups is 1. The molecule has 0 aliphatic heterocycles. The van der Waals surface area contributed by atoms with Gasteiger partial charge < -0.3 is 5.32 Å². The highest BCUT2D eigenvalue weighted by atomic mass is 32.2. The van der Waals surface area contributed by atoms with Crippen LogP contribution in [-0.4, -0.2) is 27.4 Å². The zero-order valence-electron chi connectivity index (χ0n) is 17.9. The highest BCUT2D eigenvalue weighted by molar-refractivity contribution is 7.92. The molecule has 168 valence electrons. The van der Waals surface area contributed by atoms with Crippen LogP contribution in [0.3, 0.4) is 0 Å². The molecule has 1 amide bonds. The van der Waals surface area contributed by atoms with Gasteiger partial charge in [0.2, 0.25) is 5.91 Å². The van der Waals surface area contributed by atoms with Crippen LogP contribution in [-0.2, 0) is 21.2 Å². The average molecular weight is 455 g/mol. The van der Waals surface area contributed by atoms with Gasteiger partial charge in [-0.2, -0.15) is 0 Å². The number of benzene rings is 3. The van der Waals surface area contributed by atoms with Gasteiger partial charge >= 0.3 is 0 Å². The Morgan fingerprint density at radius 1 is 0.938 bits per heavy atom. The summed E-state index contributed by atoms with van der Waals surface area (Å²) in [7, 11) is -4.13. The van der Waals surface area contributed by atoms with Crippen LogP contribution < -0.4 is 9.62 Å². The van der Waals surface area contributed by atoms with Gasteiger partial charge in [-0.15, -0.1) is 0 Å². The number of carbonyl (C=O) groups excluding carboxylic acids is 1. The molecule has 0 bridgehead atoms. The molecule has 0 fully saturated rings. The minimum absolute atomic E-state index is 0.00781. The Kier molecular flexibility index (Phi) is 8.00. The standard InChI is InChI=1S/C25H27FN2O3S/c1-2-20(17-21-11-5-3-6-12-21)18-27-25(29)19-28(24-16-10-9-15-23(24)26)32(30,31)22-13-7-4-8-14-22/h3-16,20H,2,17-19H2,1H3,(H,27,29). The minimum atomic E-state index is -4.13. The Morgan fingerprint density at radius 2 is 1.53 bits per heavy atom. The molecule has 3 aromatic carbocycles. The lowest BCUT2D eigenvalue weighted by Gasteiger charge is -2.25. The van der Waals surface area contributed by atoms with Crippen LogP contribution >= 0.6 is 0 Å². The van der Waals surface area contributed by atoms with Crippen LogP contribution in [0.1, 0.15) is 18.9 Å². The fraction of sp³-hybridized carbons (Fsp3) is 0.240. The molecular weight excluding hydrogens is 427 g/mol. The van der Waals surface area contributed by atoms with E-state index in [4.69, 9.17) is 0 Å². The maximum absolute atomic E-state index is 14.5. The normalized spacial score (nSPS) is 12.2. The Labute approximate surface area is 188 Å².